The second kappa shape index (κ2) is 12.7. The number of likely N-dealkylation sites (tertiary alicyclic amines) is 1. The number of piperidine rings is 1. The van der Waals surface area contributed by atoms with Gasteiger partial charge in [-0.15, -0.1) is 0 Å². The third kappa shape index (κ3) is 5.97. The van der Waals surface area contributed by atoms with E-state index in [2.05, 4.69) is 34.1 Å². The molecule has 1 aliphatic heterocycles. The summed E-state index contributed by atoms with van der Waals surface area (Å²) in [5.41, 5.74) is 1.95. The van der Waals surface area contributed by atoms with Crippen molar-refractivity contribution >= 4 is 23.1 Å². The number of carboxylic acids is 1. The number of aliphatic carboxylic acids is 1. The molecule has 1 fully saturated rings. The van der Waals surface area contributed by atoms with Crippen LogP contribution in [-0.2, 0) is 22.6 Å². The molecule has 3 aromatic carbocycles. The SMILES string of the molecule is CCC1(C(=O)O)CN(C(=O)OCC(C)N(Cc2ccccc2)Cc2ccccc2)CCC1n1c(=O)[nH]c2ccccc21. The molecule has 1 aromatic heterocycles. The average molecular weight is 571 g/mol. The molecule has 0 aliphatic carbocycles. The fourth-order valence-corrected chi connectivity index (χ4v) is 6.10. The molecule has 1 amide bonds. The Morgan fingerprint density at radius 1 is 1.00 bits per heavy atom. The van der Waals surface area contributed by atoms with Crippen LogP contribution >= 0.6 is 0 Å². The highest BCUT2D eigenvalue weighted by Gasteiger charge is 2.51. The van der Waals surface area contributed by atoms with Gasteiger partial charge in [-0.25, -0.2) is 9.59 Å². The number of imidazole rings is 1. The van der Waals surface area contributed by atoms with Crippen LogP contribution < -0.4 is 5.69 Å². The number of nitrogens with zero attached hydrogens (tertiary/aromatic N) is 3. The number of carbonyl (C=O) groups is 2. The van der Waals surface area contributed by atoms with Crippen LogP contribution in [0.3, 0.4) is 0 Å². The van der Waals surface area contributed by atoms with Crippen molar-refractivity contribution in [2.45, 2.75) is 51.9 Å². The van der Waals surface area contributed by atoms with Gasteiger partial charge in [0, 0.05) is 32.2 Å². The third-order valence-electron chi connectivity index (χ3n) is 8.56. The highest BCUT2D eigenvalue weighted by Crippen LogP contribution is 2.43. The Labute approximate surface area is 245 Å². The molecule has 2 heterocycles. The minimum atomic E-state index is -1.34. The zero-order valence-electron chi connectivity index (χ0n) is 24.1. The Morgan fingerprint density at radius 3 is 2.19 bits per heavy atom. The van der Waals surface area contributed by atoms with E-state index in [1.54, 1.807) is 17.6 Å². The molecule has 3 unspecified atom stereocenters. The molecule has 0 spiro atoms. The number of amides is 1. The van der Waals surface area contributed by atoms with Crippen LogP contribution in [0, 0.1) is 5.41 Å². The van der Waals surface area contributed by atoms with E-state index in [1.165, 1.54) is 4.90 Å². The second-order valence-corrected chi connectivity index (χ2v) is 11.2. The number of hydrogen-bond acceptors (Lipinski definition) is 5. The van der Waals surface area contributed by atoms with Crippen molar-refractivity contribution in [3.63, 3.8) is 0 Å². The maximum atomic E-state index is 13.4. The van der Waals surface area contributed by atoms with Crippen molar-refractivity contribution in [2.75, 3.05) is 19.7 Å². The molecule has 4 aromatic rings. The van der Waals surface area contributed by atoms with Crippen molar-refractivity contribution in [1.82, 2.24) is 19.4 Å². The fraction of sp³-hybridized carbons (Fsp3) is 0.364. The van der Waals surface area contributed by atoms with E-state index in [0.29, 0.717) is 30.5 Å². The lowest BCUT2D eigenvalue weighted by Crippen LogP contribution is -2.56. The Kier molecular flexibility index (Phi) is 8.77. The number of fused-ring (bicyclic) bond motifs is 1. The van der Waals surface area contributed by atoms with Crippen LogP contribution in [0.5, 0.6) is 0 Å². The van der Waals surface area contributed by atoms with E-state index in [1.807, 2.05) is 61.5 Å². The number of aromatic nitrogens is 2. The summed E-state index contributed by atoms with van der Waals surface area (Å²) in [5.74, 6) is -1.03. The molecule has 9 heteroatoms. The lowest BCUT2D eigenvalue weighted by atomic mass is 9.73. The minimum absolute atomic E-state index is 0.0413. The number of ether oxygens (including phenoxy) is 1. The largest absolute Gasteiger partial charge is 0.481 e. The molecule has 2 N–H and O–H groups in total. The van der Waals surface area contributed by atoms with Crippen molar-refractivity contribution in [1.29, 1.82) is 0 Å². The van der Waals surface area contributed by atoms with Crippen LogP contribution in [0.2, 0.25) is 0 Å². The summed E-state index contributed by atoms with van der Waals surface area (Å²) in [4.78, 5) is 45.8. The predicted molar refractivity (Wildman–Crippen MR) is 161 cm³/mol. The van der Waals surface area contributed by atoms with E-state index >= 15 is 0 Å². The molecule has 42 heavy (non-hydrogen) atoms. The van der Waals surface area contributed by atoms with E-state index < -0.39 is 23.5 Å². The van der Waals surface area contributed by atoms with Gasteiger partial charge in [0.25, 0.3) is 0 Å². The highest BCUT2D eigenvalue weighted by atomic mass is 16.6. The van der Waals surface area contributed by atoms with Gasteiger partial charge >= 0.3 is 17.8 Å². The quantitative estimate of drug-likeness (QED) is 0.269. The molecule has 3 atom stereocenters. The summed E-state index contributed by atoms with van der Waals surface area (Å²) in [6.07, 6.45) is 0.0342. The zero-order chi connectivity index (χ0) is 29.7. The lowest BCUT2D eigenvalue weighted by molar-refractivity contribution is -0.156. The fourth-order valence-electron chi connectivity index (χ4n) is 6.10. The van der Waals surface area contributed by atoms with E-state index in [-0.39, 0.29) is 37.8 Å². The van der Waals surface area contributed by atoms with Gasteiger partial charge in [0.15, 0.2) is 0 Å². The Hall–Kier alpha value is -4.37. The Bertz CT molecular complexity index is 1530. The standard InChI is InChI=1S/C33H38N4O5/c1-3-33(30(38)39)23-35(19-18-29(33)37-28-17-11-10-16-27(28)34-31(37)40)32(41)42-22-24(2)36(20-25-12-6-4-7-13-25)21-26-14-8-5-9-15-26/h4-17,24,29H,3,18-23H2,1-2H3,(H,34,40)(H,38,39). The van der Waals surface area contributed by atoms with Crippen molar-refractivity contribution in [3.05, 3.63) is 107 Å². The second-order valence-electron chi connectivity index (χ2n) is 11.2. The number of carbonyl (C=O) groups excluding carboxylic acids is 1. The molecule has 220 valence electrons. The van der Waals surface area contributed by atoms with Gasteiger partial charge in [-0.1, -0.05) is 79.7 Å². The summed E-state index contributed by atoms with van der Waals surface area (Å²) in [6, 6.07) is 26.9. The Morgan fingerprint density at radius 2 is 1.60 bits per heavy atom. The maximum absolute atomic E-state index is 13.4. The van der Waals surface area contributed by atoms with Crippen LogP contribution in [0.1, 0.15) is 43.9 Å². The first-order chi connectivity index (χ1) is 20.3. The smallest absolute Gasteiger partial charge is 0.409 e. The topological polar surface area (TPSA) is 108 Å². The summed E-state index contributed by atoms with van der Waals surface area (Å²) in [6.45, 7) is 5.61. The van der Waals surface area contributed by atoms with Crippen LogP contribution in [0.15, 0.2) is 89.7 Å². The number of H-pyrrole nitrogens is 1. The molecule has 1 aliphatic rings. The number of para-hydroxylation sites is 2. The minimum Gasteiger partial charge on any atom is -0.481 e. The number of benzene rings is 3. The molecule has 9 nitrogen and oxygen atoms in total. The molecule has 5 rings (SSSR count). The molecule has 0 radical (unpaired) electrons. The van der Waals surface area contributed by atoms with Gasteiger partial charge in [0.1, 0.15) is 12.0 Å². The van der Waals surface area contributed by atoms with Crippen molar-refractivity contribution in [2.24, 2.45) is 5.41 Å². The van der Waals surface area contributed by atoms with E-state index in [9.17, 15) is 19.5 Å². The van der Waals surface area contributed by atoms with Crippen molar-refractivity contribution < 1.29 is 19.4 Å². The summed E-state index contributed by atoms with van der Waals surface area (Å²) in [5, 5.41) is 10.5. The number of nitrogens with one attached hydrogen (secondary N) is 1. The lowest BCUT2D eigenvalue weighted by Gasteiger charge is -2.45. The molecular weight excluding hydrogens is 532 g/mol. The first-order valence-corrected chi connectivity index (χ1v) is 14.5. The highest BCUT2D eigenvalue weighted by molar-refractivity contribution is 5.79. The number of carboxylic acid groups (broad SMARTS) is 1. The van der Waals surface area contributed by atoms with Gasteiger partial charge in [0.2, 0.25) is 0 Å². The molecular formula is C33H38N4O5. The summed E-state index contributed by atoms with van der Waals surface area (Å²) >= 11 is 0. The van der Waals surface area contributed by atoms with E-state index in [4.69, 9.17) is 4.74 Å². The average Bonchev–Trinajstić information content (AvgIpc) is 3.35. The monoisotopic (exact) mass is 570 g/mol. The van der Waals surface area contributed by atoms with Gasteiger partial charge in [-0.3, -0.25) is 14.3 Å². The molecule has 1 saturated heterocycles. The normalized spacial score (nSPS) is 19.6. The van der Waals surface area contributed by atoms with Gasteiger partial charge in [-0.2, -0.15) is 0 Å². The maximum Gasteiger partial charge on any atom is 0.409 e. The first-order valence-electron chi connectivity index (χ1n) is 14.5. The number of hydrogen-bond donors (Lipinski definition) is 2. The number of aromatic amines is 1. The summed E-state index contributed by atoms with van der Waals surface area (Å²) < 4.78 is 7.37. The van der Waals surface area contributed by atoms with Gasteiger partial charge in [0.05, 0.1) is 17.1 Å². The Balaban J connectivity index is 1.30. The van der Waals surface area contributed by atoms with Crippen LogP contribution in [0.4, 0.5) is 4.79 Å². The van der Waals surface area contributed by atoms with E-state index in [0.717, 1.165) is 11.1 Å². The number of rotatable bonds is 10. The summed E-state index contributed by atoms with van der Waals surface area (Å²) in [7, 11) is 0. The molecule has 0 saturated carbocycles. The first kappa shape index (κ1) is 29.1. The van der Waals surface area contributed by atoms with Crippen LogP contribution in [-0.4, -0.2) is 62.3 Å². The van der Waals surface area contributed by atoms with Crippen LogP contribution in [0.25, 0.3) is 11.0 Å². The van der Waals surface area contributed by atoms with Gasteiger partial charge < -0.3 is 19.7 Å². The van der Waals surface area contributed by atoms with Crippen molar-refractivity contribution in [3.8, 4) is 0 Å². The predicted octanol–water partition coefficient (Wildman–Crippen LogP) is 5.28. The molecule has 0 bridgehead atoms. The van der Waals surface area contributed by atoms with Gasteiger partial charge in [-0.05, 0) is 43.0 Å². The zero-order valence-corrected chi connectivity index (χ0v) is 24.1. The third-order valence-corrected chi connectivity index (χ3v) is 8.56.